The highest BCUT2D eigenvalue weighted by Crippen LogP contribution is 2.15. The fourth-order valence-corrected chi connectivity index (χ4v) is 4.13. The molecule has 0 atom stereocenters. The molecule has 0 N–H and O–H groups in total. The van der Waals surface area contributed by atoms with Crippen LogP contribution >= 0.6 is 0 Å². The third-order valence-corrected chi connectivity index (χ3v) is 6.09. The SMILES string of the molecule is CCCCCCCCCCCCCCCCCCCCCCCCOCC(C)C. The summed E-state index contributed by atoms with van der Waals surface area (Å²) in [6, 6.07) is 0. The van der Waals surface area contributed by atoms with Crippen molar-refractivity contribution in [3.63, 3.8) is 0 Å². The smallest absolute Gasteiger partial charge is 0.0488 e. The summed E-state index contributed by atoms with van der Waals surface area (Å²) >= 11 is 0. The van der Waals surface area contributed by atoms with Crippen molar-refractivity contribution in [2.75, 3.05) is 13.2 Å². The van der Waals surface area contributed by atoms with E-state index in [0.717, 1.165) is 13.2 Å². The van der Waals surface area contributed by atoms with Crippen molar-refractivity contribution >= 4 is 0 Å². The molecule has 0 bridgehead atoms. The molecular formula is C28H58O. The summed E-state index contributed by atoms with van der Waals surface area (Å²) in [6.07, 6.45) is 31.9. The van der Waals surface area contributed by atoms with E-state index in [9.17, 15) is 0 Å². The molecule has 0 aliphatic heterocycles. The molecule has 0 fully saturated rings. The Morgan fingerprint density at radius 2 is 0.690 bits per heavy atom. The van der Waals surface area contributed by atoms with Crippen LogP contribution in [0.5, 0.6) is 0 Å². The van der Waals surface area contributed by atoms with Crippen LogP contribution in [0, 0.1) is 5.92 Å². The van der Waals surface area contributed by atoms with Gasteiger partial charge in [0.25, 0.3) is 0 Å². The average molecular weight is 411 g/mol. The van der Waals surface area contributed by atoms with Gasteiger partial charge < -0.3 is 4.74 Å². The molecule has 0 amide bonds. The molecule has 1 nitrogen and oxygen atoms in total. The van der Waals surface area contributed by atoms with E-state index in [1.54, 1.807) is 0 Å². The minimum absolute atomic E-state index is 0.676. The van der Waals surface area contributed by atoms with Crippen molar-refractivity contribution in [2.24, 2.45) is 5.92 Å². The molecule has 0 aromatic rings. The van der Waals surface area contributed by atoms with E-state index in [2.05, 4.69) is 20.8 Å². The second-order valence-corrected chi connectivity index (χ2v) is 9.89. The zero-order chi connectivity index (χ0) is 21.3. The van der Waals surface area contributed by atoms with Gasteiger partial charge in [0, 0.05) is 13.2 Å². The third-order valence-electron chi connectivity index (χ3n) is 6.09. The Bertz CT molecular complexity index is 273. The van der Waals surface area contributed by atoms with Crippen LogP contribution in [0.4, 0.5) is 0 Å². The lowest BCUT2D eigenvalue weighted by Gasteiger charge is -2.06. The van der Waals surface area contributed by atoms with E-state index in [0.29, 0.717) is 5.92 Å². The van der Waals surface area contributed by atoms with Crippen LogP contribution in [0.3, 0.4) is 0 Å². The molecular weight excluding hydrogens is 352 g/mol. The summed E-state index contributed by atoms with van der Waals surface area (Å²) in [5.74, 6) is 0.676. The topological polar surface area (TPSA) is 9.23 Å². The minimum Gasteiger partial charge on any atom is -0.381 e. The molecule has 0 saturated heterocycles. The summed E-state index contributed by atoms with van der Waals surface area (Å²) < 4.78 is 5.64. The van der Waals surface area contributed by atoms with Gasteiger partial charge in [-0.25, -0.2) is 0 Å². The van der Waals surface area contributed by atoms with Gasteiger partial charge >= 0.3 is 0 Å². The molecule has 176 valence electrons. The summed E-state index contributed by atoms with van der Waals surface area (Å²) in [4.78, 5) is 0. The van der Waals surface area contributed by atoms with E-state index in [1.807, 2.05) is 0 Å². The van der Waals surface area contributed by atoms with Gasteiger partial charge in [-0.3, -0.25) is 0 Å². The van der Waals surface area contributed by atoms with Crippen LogP contribution in [-0.4, -0.2) is 13.2 Å². The Morgan fingerprint density at radius 1 is 0.414 bits per heavy atom. The maximum Gasteiger partial charge on any atom is 0.0488 e. The lowest BCUT2D eigenvalue weighted by molar-refractivity contribution is 0.106. The highest BCUT2D eigenvalue weighted by molar-refractivity contribution is 4.51. The number of ether oxygens (including phenoxy) is 1. The Labute approximate surface area is 186 Å². The number of rotatable bonds is 25. The van der Waals surface area contributed by atoms with Gasteiger partial charge in [-0.2, -0.15) is 0 Å². The predicted octanol–water partition coefficient (Wildman–Crippen LogP) is 10.3. The standard InChI is InChI=1S/C28H58O/c1-4-5-6-7-8-9-10-11-12-13-14-15-16-17-18-19-20-21-22-23-24-25-26-29-27-28(2)3/h28H,4-27H2,1-3H3. The molecule has 0 rings (SSSR count). The first kappa shape index (κ1) is 29.0. The Kier molecular flexibility index (Phi) is 26.0. The summed E-state index contributed by atoms with van der Waals surface area (Å²) in [6.45, 7) is 8.64. The van der Waals surface area contributed by atoms with Gasteiger partial charge in [0.1, 0.15) is 0 Å². The number of unbranched alkanes of at least 4 members (excludes halogenated alkanes) is 21. The first-order valence-electron chi connectivity index (χ1n) is 13.8. The van der Waals surface area contributed by atoms with Crippen LogP contribution in [0.1, 0.15) is 162 Å². The van der Waals surface area contributed by atoms with Crippen molar-refractivity contribution in [1.82, 2.24) is 0 Å². The first-order valence-corrected chi connectivity index (χ1v) is 13.8. The van der Waals surface area contributed by atoms with Gasteiger partial charge in [0.15, 0.2) is 0 Å². The van der Waals surface area contributed by atoms with Gasteiger partial charge in [0.05, 0.1) is 0 Å². The van der Waals surface area contributed by atoms with E-state index < -0.39 is 0 Å². The maximum absolute atomic E-state index is 5.64. The van der Waals surface area contributed by atoms with Crippen LogP contribution in [-0.2, 0) is 4.74 Å². The summed E-state index contributed by atoms with van der Waals surface area (Å²) in [5, 5.41) is 0. The molecule has 0 heterocycles. The van der Waals surface area contributed by atoms with Crippen molar-refractivity contribution in [2.45, 2.75) is 162 Å². The summed E-state index contributed by atoms with van der Waals surface area (Å²) in [5.41, 5.74) is 0. The van der Waals surface area contributed by atoms with E-state index in [1.165, 1.54) is 141 Å². The Balaban J connectivity index is 2.98. The van der Waals surface area contributed by atoms with Crippen LogP contribution in [0.25, 0.3) is 0 Å². The normalized spacial score (nSPS) is 11.6. The first-order chi connectivity index (χ1) is 14.3. The molecule has 0 unspecified atom stereocenters. The Morgan fingerprint density at radius 3 is 0.966 bits per heavy atom. The molecule has 29 heavy (non-hydrogen) atoms. The maximum atomic E-state index is 5.64. The zero-order valence-corrected chi connectivity index (χ0v) is 21.0. The van der Waals surface area contributed by atoms with Crippen molar-refractivity contribution in [3.8, 4) is 0 Å². The quantitative estimate of drug-likeness (QED) is 0.136. The summed E-state index contributed by atoms with van der Waals surface area (Å²) in [7, 11) is 0. The lowest BCUT2D eigenvalue weighted by atomic mass is 10.0. The molecule has 0 spiro atoms. The third kappa shape index (κ3) is 28.0. The molecule has 0 aromatic carbocycles. The molecule has 0 radical (unpaired) electrons. The zero-order valence-electron chi connectivity index (χ0n) is 21.0. The molecule has 0 aliphatic rings. The molecule has 0 saturated carbocycles. The highest BCUT2D eigenvalue weighted by Gasteiger charge is 1.96. The molecule has 0 aliphatic carbocycles. The van der Waals surface area contributed by atoms with Gasteiger partial charge in [-0.15, -0.1) is 0 Å². The second kappa shape index (κ2) is 26.0. The molecule has 1 heteroatoms. The van der Waals surface area contributed by atoms with Gasteiger partial charge in [-0.05, 0) is 12.3 Å². The number of hydrogen-bond acceptors (Lipinski definition) is 1. The van der Waals surface area contributed by atoms with Crippen LogP contribution in [0.2, 0.25) is 0 Å². The van der Waals surface area contributed by atoms with E-state index in [4.69, 9.17) is 4.74 Å². The fourth-order valence-electron chi connectivity index (χ4n) is 4.13. The van der Waals surface area contributed by atoms with Crippen molar-refractivity contribution < 1.29 is 4.74 Å². The minimum atomic E-state index is 0.676. The van der Waals surface area contributed by atoms with Gasteiger partial charge in [0.2, 0.25) is 0 Å². The van der Waals surface area contributed by atoms with Crippen LogP contribution < -0.4 is 0 Å². The largest absolute Gasteiger partial charge is 0.381 e. The second-order valence-electron chi connectivity index (χ2n) is 9.89. The van der Waals surface area contributed by atoms with Crippen LogP contribution in [0.15, 0.2) is 0 Å². The van der Waals surface area contributed by atoms with E-state index >= 15 is 0 Å². The van der Waals surface area contributed by atoms with Crippen molar-refractivity contribution in [3.05, 3.63) is 0 Å². The monoisotopic (exact) mass is 410 g/mol. The van der Waals surface area contributed by atoms with Gasteiger partial charge in [-0.1, -0.05) is 156 Å². The number of hydrogen-bond donors (Lipinski definition) is 0. The Hall–Kier alpha value is -0.0400. The highest BCUT2D eigenvalue weighted by atomic mass is 16.5. The average Bonchev–Trinajstić information content (AvgIpc) is 2.71. The fraction of sp³-hybridized carbons (Fsp3) is 1.00. The predicted molar refractivity (Wildman–Crippen MR) is 133 cm³/mol. The van der Waals surface area contributed by atoms with E-state index in [-0.39, 0.29) is 0 Å². The lowest BCUT2D eigenvalue weighted by Crippen LogP contribution is -2.02. The molecule has 0 aromatic heterocycles. The van der Waals surface area contributed by atoms with Crippen molar-refractivity contribution in [1.29, 1.82) is 0 Å².